The van der Waals surface area contributed by atoms with Crippen molar-refractivity contribution in [2.24, 2.45) is 0 Å². The first-order valence-electron chi connectivity index (χ1n) is 3.22. The van der Waals surface area contributed by atoms with E-state index in [1.807, 2.05) is 36.0 Å². The van der Waals surface area contributed by atoms with Crippen molar-refractivity contribution in [3.63, 3.8) is 0 Å². The molecule has 0 amide bonds. The molecule has 2 nitrogen and oxygen atoms in total. The molecule has 0 aliphatic rings. The summed E-state index contributed by atoms with van der Waals surface area (Å²) in [6, 6.07) is 3.93. The molecule has 0 saturated carbocycles. The topological polar surface area (TPSA) is 20.9 Å². The average Bonchev–Trinajstić information content (AvgIpc) is 1.88. The van der Waals surface area contributed by atoms with Crippen LogP contribution in [0.2, 0.25) is 0 Å². The van der Waals surface area contributed by atoms with Gasteiger partial charge in [0.2, 0.25) is 6.54 Å². The molecule has 0 saturated heterocycles. The third-order valence-corrected chi connectivity index (χ3v) is 1.29. The fourth-order valence-corrected chi connectivity index (χ4v) is 0.853. The Labute approximate surface area is 60.1 Å². The quantitative estimate of drug-likeness (QED) is 0.428. The lowest BCUT2D eigenvalue weighted by Gasteiger charge is -1.89. The lowest BCUT2D eigenvalue weighted by atomic mass is 10.3. The average molecular weight is 136 g/mol. The molecule has 0 N–H and O–H groups in total. The number of hydrogen-bond donors (Lipinski definition) is 0. The fraction of sp³-hybridized carbons (Fsp3) is 0.250. The summed E-state index contributed by atoms with van der Waals surface area (Å²) in [6.07, 6.45) is 4.70. The summed E-state index contributed by atoms with van der Waals surface area (Å²) in [4.78, 5) is 10.1. The summed E-state index contributed by atoms with van der Waals surface area (Å²) in [6.45, 7) is 2.45. The number of rotatable bonds is 2. The molecule has 0 bridgehead atoms. The summed E-state index contributed by atoms with van der Waals surface area (Å²) < 4.78 is 1.85. The predicted molar refractivity (Wildman–Crippen MR) is 37.4 cm³/mol. The van der Waals surface area contributed by atoms with Gasteiger partial charge >= 0.3 is 0 Å². The lowest BCUT2D eigenvalue weighted by Crippen LogP contribution is -2.33. The van der Waals surface area contributed by atoms with Crippen molar-refractivity contribution in [2.45, 2.75) is 13.5 Å². The second-order valence-corrected chi connectivity index (χ2v) is 2.24. The zero-order valence-corrected chi connectivity index (χ0v) is 5.95. The maximum Gasteiger partial charge on any atom is 0.203 e. The van der Waals surface area contributed by atoms with Crippen molar-refractivity contribution in [1.82, 2.24) is 0 Å². The summed E-state index contributed by atoms with van der Waals surface area (Å²) in [7, 11) is 0. The number of aldehydes is 1. The largest absolute Gasteiger partial charge is 0.296 e. The summed E-state index contributed by atoms with van der Waals surface area (Å²) in [5.41, 5.74) is 1.17. The van der Waals surface area contributed by atoms with Gasteiger partial charge in [0, 0.05) is 11.6 Å². The van der Waals surface area contributed by atoms with E-state index in [0.717, 1.165) is 6.29 Å². The van der Waals surface area contributed by atoms with Crippen LogP contribution in [0.4, 0.5) is 0 Å². The maximum absolute atomic E-state index is 10.1. The Balaban J connectivity index is 2.84. The van der Waals surface area contributed by atoms with E-state index in [0.29, 0.717) is 6.54 Å². The van der Waals surface area contributed by atoms with Gasteiger partial charge in [0.05, 0.1) is 0 Å². The van der Waals surface area contributed by atoms with Gasteiger partial charge in [-0.15, -0.1) is 0 Å². The Morgan fingerprint density at radius 3 is 3.10 bits per heavy atom. The van der Waals surface area contributed by atoms with E-state index in [-0.39, 0.29) is 0 Å². The highest BCUT2D eigenvalue weighted by atomic mass is 16.1. The summed E-state index contributed by atoms with van der Waals surface area (Å²) >= 11 is 0. The zero-order chi connectivity index (χ0) is 7.40. The zero-order valence-electron chi connectivity index (χ0n) is 5.95. The van der Waals surface area contributed by atoms with Gasteiger partial charge in [0.15, 0.2) is 18.7 Å². The highest BCUT2D eigenvalue weighted by molar-refractivity contribution is 5.46. The normalized spacial score (nSPS) is 9.30. The minimum Gasteiger partial charge on any atom is -0.296 e. The van der Waals surface area contributed by atoms with Crippen LogP contribution in [-0.4, -0.2) is 6.29 Å². The van der Waals surface area contributed by atoms with Gasteiger partial charge < -0.3 is 0 Å². The van der Waals surface area contributed by atoms with Gasteiger partial charge in [-0.2, -0.15) is 4.57 Å². The molecule has 0 fully saturated rings. The minimum atomic E-state index is 0.446. The van der Waals surface area contributed by atoms with Crippen molar-refractivity contribution >= 4 is 6.29 Å². The molecular weight excluding hydrogens is 126 g/mol. The Kier molecular flexibility index (Phi) is 2.15. The second kappa shape index (κ2) is 3.11. The first-order chi connectivity index (χ1) is 4.83. The number of aryl methyl sites for hydroxylation is 1. The van der Waals surface area contributed by atoms with Crippen LogP contribution in [0.5, 0.6) is 0 Å². The van der Waals surface area contributed by atoms with E-state index in [1.165, 1.54) is 5.56 Å². The van der Waals surface area contributed by atoms with Crippen LogP contribution in [0.15, 0.2) is 24.5 Å². The van der Waals surface area contributed by atoms with Gasteiger partial charge in [-0.25, -0.2) is 0 Å². The van der Waals surface area contributed by atoms with Crippen LogP contribution in [0.1, 0.15) is 5.56 Å². The van der Waals surface area contributed by atoms with E-state index in [1.54, 1.807) is 0 Å². The minimum absolute atomic E-state index is 0.446. The van der Waals surface area contributed by atoms with E-state index < -0.39 is 0 Å². The molecule has 0 unspecified atom stereocenters. The monoisotopic (exact) mass is 136 g/mol. The highest BCUT2D eigenvalue weighted by Gasteiger charge is 1.95. The van der Waals surface area contributed by atoms with Crippen molar-refractivity contribution in [1.29, 1.82) is 0 Å². The summed E-state index contributed by atoms with van der Waals surface area (Å²) in [5.74, 6) is 0. The van der Waals surface area contributed by atoms with E-state index >= 15 is 0 Å². The third-order valence-electron chi connectivity index (χ3n) is 1.29. The van der Waals surface area contributed by atoms with Crippen molar-refractivity contribution < 1.29 is 9.36 Å². The van der Waals surface area contributed by atoms with Crippen LogP contribution in [-0.2, 0) is 11.3 Å². The molecule has 0 aliphatic heterocycles. The summed E-state index contributed by atoms with van der Waals surface area (Å²) in [5, 5.41) is 0. The predicted octanol–water partition coefficient (Wildman–Crippen LogP) is 0.481. The molecule has 2 heteroatoms. The van der Waals surface area contributed by atoms with Gasteiger partial charge in [-0.1, -0.05) is 0 Å². The number of hydrogen-bond acceptors (Lipinski definition) is 1. The van der Waals surface area contributed by atoms with Crippen molar-refractivity contribution in [2.75, 3.05) is 0 Å². The first kappa shape index (κ1) is 6.93. The molecule has 0 radical (unpaired) electrons. The molecule has 1 aromatic heterocycles. The van der Waals surface area contributed by atoms with Gasteiger partial charge in [0.25, 0.3) is 0 Å². The standard InChI is InChI=1S/C8H10NO/c1-8-3-2-4-9(7-8)5-6-10/h2-4,6-7H,5H2,1H3/q+1. The maximum atomic E-state index is 10.1. The smallest absolute Gasteiger partial charge is 0.203 e. The Morgan fingerprint density at radius 1 is 1.70 bits per heavy atom. The van der Waals surface area contributed by atoms with Crippen LogP contribution in [0, 0.1) is 6.92 Å². The van der Waals surface area contributed by atoms with E-state index in [4.69, 9.17) is 0 Å². The molecule has 0 aromatic carbocycles. The van der Waals surface area contributed by atoms with Gasteiger partial charge in [0.1, 0.15) is 0 Å². The van der Waals surface area contributed by atoms with E-state index in [9.17, 15) is 4.79 Å². The van der Waals surface area contributed by atoms with Crippen LogP contribution in [0.25, 0.3) is 0 Å². The molecule has 0 atom stereocenters. The first-order valence-corrected chi connectivity index (χ1v) is 3.22. The number of carbonyl (C=O) groups excluding carboxylic acids is 1. The molecule has 0 aliphatic carbocycles. The molecule has 1 rings (SSSR count). The number of carbonyl (C=O) groups is 1. The van der Waals surface area contributed by atoms with Crippen LogP contribution < -0.4 is 4.57 Å². The van der Waals surface area contributed by atoms with Crippen LogP contribution in [0.3, 0.4) is 0 Å². The lowest BCUT2D eigenvalue weighted by molar-refractivity contribution is -0.683. The molecule has 0 spiro atoms. The number of pyridine rings is 1. The number of aromatic nitrogens is 1. The van der Waals surface area contributed by atoms with Gasteiger partial charge in [-0.3, -0.25) is 4.79 Å². The van der Waals surface area contributed by atoms with Crippen molar-refractivity contribution in [3.05, 3.63) is 30.1 Å². The van der Waals surface area contributed by atoms with E-state index in [2.05, 4.69) is 0 Å². The highest BCUT2D eigenvalue weighted by Crippen LogP contribution is 1.87. The SMILES string of the molecule is Cc1ccc[n+](CC=O)c1. The molecule has 10 heavy (non-hydrogen) atoms. The third kappa shape index (κ3) is 1.65. The molecular formula is C8H10NO+. The molecule has 1 aromatic rings. The molecule has 52 valence electrons. The number of nitrogens with zero attached hydrogens (tertiary/aromatic N) is 1. The Hall–Kier alpha value is -1.18. The van der Waals surface area contributed by atoms with Crippen molar-refractivity contribution in [3.8, 4) is 0 Å². The Morgan fingerprint density at radius 2 is 2.50 bits per heavy atom. The van der Waals surface area contributed by atoms with Crippen LogP contribution >= 0.6 is 0 Å². The van der Waals surface area contributed by atoms with Gasteiger partial charge in [-0.05, 0) is 13.0 Å². The fourth-order valence-electron chi connectivity index (χ4n) is 0.853. The second-order valence-electron chi connectivity index (χ2n) is 2.24. The Bertz CT molecular complexity index is 232. The molecule has 1 heterocycles.